The molecule has 0 spiro atoms. The van der Waals surface area contributed by atoms with Crippen LogP contribution in [-0.2, 0) is 10.0 Å². The van der Waals surface area contributed by atoms with Crippen LogP contribution in [0.25, 0.3) is 0 Å². The normalized spacial score (nSPS) is 11.0. The van der Waals surface area contributed by atoms with Crippen LogP contribution in [0.2, 0.25) is 0 Å². The zero-order valence-corrected chi connectivity index (χ0v) is 11.0. The third kappa shape index (κ3) is 3.17. The van der Waals surface area contributed by atoms with Crippen molar-refractivity contribution >= 4 is 22.1 Å². The van der Waals surface area contributed by atoms with Crippen LogP contribution in [-0.4, -0.2) is 19.7 Å². The second-order valence-electron chi connectivity index (χ2n) is 3.96. The second-order valence-corrected chi connectivity index (χ2v) is 5.64. The number of sulfonamides is 1. The van der Waals surface area contributed by atoms with Crippen molar-refractivity contribution in [2.75, 3.05) is 4.72 Å². The van der Waals surface area contributed by atoms with E-state index in [4.69, 9.17) is 0 Å². The molecular weight excluding hydrogens is 264 g/mol. The maximum atomic E-state index is 12.1. The van der Waals surface area contributed by atoms with E-state index in [1.54, 1.807) is 25.1 Å². The Hall–Kier alpha value is -2.21. The molecule has 0 saturated heterocycles. The van der Waals surface area contributed by atoms with Crippen molar-refractivity contribution in [3.63, 3.8) is 0 Å². The van der Waals surface area contributed by atoms with Gasteiger partial charge in [-0.05, 0) is 31.2 Å². The second kappa shape index (κ2) is 5.19. The van der Waals surface area contributed by atoms with Gasteiger partial charge in [0.1, 0.15) is 12.1 Å². The van der Waals surface area contributed by atoms with Gasteiger partial charge >= 0.3 is 0 Å². The SMILES string of the molecule is Cc1cccc(NS(=O)(=O)c2ccc(C=O)cc2)n1. The van der Waals surface area contributed by atoms with Crippen molar-refractivity contribution in [3.05, 3.63) is 53.7 Å². The quantitative estimate of drug-likeness (QED) is 0.867. The van der Waals surface area contributed by atoms with Crippen molar-refractivity contribution in [2.24, 2.45) is 0 Å². The molecule has 1 aromatic heterocycles. The Kier molecular flexibility index (Phi) is 3.62. The van der Waals surface area contributed by atoms with Crippen LogP contribution < -0.4 is 4.72 Å². The Balaban J connectivity index is 2.29. The van der Waals surface area contributed by atoms with Gasteiger partial charge in [-0.1, -0.05) is 18.2 Å². The number of hydrogen-bond donors (Lipinski definition) is 1. The Bertz CT molecular complexity index is 694. The average Bonchev–Trinajstić information content (AvgIpc) is 2.38. The number of hydrogen-bond acceptors (Lipinski definition) is 4. The van der Waals surface area contributed by atoms with Gasteiger partial charge < -0.3 is 0 Å². The highest BCUT2D eigenvalue weighted by atomic mass is 32.2. The molecule has 98 valence electrons. The molecule has 0 bridgehead atoms. The van der Waals surface area contributed by atoms with Gasteiger partial charge in [0.25, 0.3) is 10.0 Å². The van der Waals surface area contributed by atoms with Gasteiger partial charge in [-0.25, -0.2) is 13.4 Å². The molecule has 1 aromatic carbocycles. The number of carbonyl (C=O) groups is 1. The van der Waals surface area contributed by atoms with E-state index in [0.29, 0.717) is 11.8 Å². The van der Waals surface area contributed by atoms with E-state index in [9.17, 15) is 13.2 Å². The third-order valence-electron chi connectivity index (χ3n) is 2.45. The number of rotatable bonds is 4. The average molecular weight is 276 g/mol. The lowest BCUT2D eigenvalue weighted by Crippen LogP contribution is -2.14. The number of benzene rings is 1. The molecule has 0 fully saturated rings. The molecule has 0 radical (unpaired) electrons. The van der Waals surface area contributed by atoms with E-state index in [0.717, 1.165) is 5.69 Å². The molecule has 2 aromatic rings. The van der Waals surface area contributed by atoms with Crippen LogP contribution in [0.4, 0.5) is 5.82 Å². The fourth-order valence-corrected chi connectivity index (χ4v) is 2.52. The van der Waals surface area contributed by atoms with E-state index in [2.05, 4.69) is 9.71 Å². The lowest BCUT2D eigenvalue weighted by Gasteiger charge is -2.07. The highest BCUT2D eigenvalue weighted by molar-refractivity contribution is 7.92. The lowest BCUT2D eigenvalue weighted by atomic mass is 10.2. The Morgan fingerprint density at radius 1 is 1.11 bits per heavy atom. The van der Waals surface area contributed by atoms with Gasteiger partial charge in [-0.2, -0.15) is 0 Å². The molecule has 0 aliphatic carbocycles. The summed E-state index contributed by atoms with van der Waals surface area (Å²) < 4.78 is 26.5. The summed E-state index contributed by atoms with van der Waals surface area (Å²) in [4.78, 5) is 14.7. The molecule has 1 N–H and O–H groups in total. The maximum Gasteiger partial charge on any atom is 0.263 e. The number of aromatic nitrogens is 1. The maximum absolute atomic E-state index is 12.1. The molecule has 0 aliphatic rings. The number of carbonyl (C=O) groups excluding carboxylic acids is 1. The number of aldehydes is 1. The Morgan fingerprint density at radius 2 is 1.79 bits per heavy atom. The standard InChI is InChI=1S/C13H12N2O3S/c1-10-3-2-4-13(14-10)15-19(17,18)12-7-5-11(9-16)6-8-12/h2-9H,1H3,(H,14,15). The molecule has 0 aliphatic heterocycles. The van der Waals surface area contributed by atoms with Crippen LogP contribution in [0.3, 0.4) is 0 Å². The van der Waals surface area contributed by atoms with Crippen LogP contribution in [0.15, 0.2) is 47.4 Å². The van der Waals surface area contributed by atoms with Crippen LogP contribution in [0, 0.1) is 6.92 Å². The third-order valence-corrected chi connectivity index (χ3v) is 3.82. The van der Waals surface area contributed by atoms with Crippen LogP contribution in [0.5, 0.6) is 0 Å². The van der Waals surface area contributed by atoms with E-state index < -0.39 is 10.0 Å². The number of nitrogens with zero attached hydrogens (tertiary/aromatic N) is 1. The van der Waals surface area contributed by atoms with E-state index >= 15 is 0 Å². The lowest BCUT2D eigenvalue weighted by molar-refractivity contribution is 0.112. The monoisotopic (exact) mass is 276 g/mol. The summed E-state index contributed by atoms with van der Waals surface area (Å²) in [7, 11) is -3.68. The first-order valence-corrected chi connectivity index (χ1v) is 7.01. The summed E-state index contributed by atoms with van der Waals surface area (Å²) in [5.74, 6) is 0.263. The summed E-state index contributed by atoms with van der Waals surface area (Å²) in [6.07, 6.45) is 0.659. The first kappa shape index (κ1) is 13.2. The number of anilines is 1. The van der Waals surface area contributed by atoms with E-state index in [-0.39, 0.29) is 10.7 Å². The Morgan fingerprint density at radius 3 is 2.37 bits per heavy atom. The smallest absolute Gasteiger partial charge is 0.263 e. The summed E-state index contributed by atoms with van der Waals surface area (Å²) in [5.41, 5.74) is 1.14. The first-order chi connectivity index (χ1) is 9.01. The highest BCUT2D eigenvalue weighted by Crippen LogP contribution is 2.14. The minimum Gasteiger partial charge on any atom is -0.298 e. The predicted octanol–water partition coefficient (Wildman–Crippen LogP) is 2.00. The molecule has 0 atom stereocenters. The molecule has 1 heterocycles. The summed E-state index contributed by atoms with van der Waals surface area (Å²) in [6, 6.07) is 10.7. The molecule has 5 nitrogen and oxygen atoms in total. The molecule has 0 saturated carbocycles. The first-order valence-electron chi connectivity index (χ1n) is 5.53. The topological polar surface area (TPSA) is 76.1 Å². The van der Waals surface area contributed by atoms with Crippen molar-refractivity contribution in [2.45, 2.75) is 11.8 Å². The summed E-state index contributed by atoms with van der Waals surface area (Å²) in [5, 5.41) is 0. The van der Waals surface area contributed by atoms with Crippen LogP contribution >= 0.6 is 0 Å². The fourth-order valence-electron chi connectivity index (χ4n) is 1.52. The zero-order valence-electron chi connectivity index (χ0n) is 10.2. The molecular formula is C13H12N2O3S. The van der Waals surface area contributed by atoms with Gasteiger partial charge in [0, 0.05) is 11.3 Å². The minimum absolute atomic E-state index is 0.0846. The van der Waals surface area contributed by atoms with Crippen LogP contribution in [0.1, 0.15) is 16.1 Å². The molecule has 19 heavy (non-hydrogen) atoms. The highest BCUT2D eigenvalue weighted by Gasteiger charge is 2.14. The van der Waals surface area contributed by atoms with Crippen molar-refractivity contribution in [3.8, 4) is 0 Å². The van der Waals surface area contributed by atoms with Crippen molar-refractivity contribution < 1.29 is 13.2 Å². The van der Waals surface area contributed by atoms with Gasteiger partial charge in [0.05, 0.1) is 4.90 Å². The molecule has 2 rings (SSSR count). The largest absolute Gasteiger partial charge is 0.298 e. The Labute approximate surface area is 111 Å². The predicted molar refractivity (Wildman–Crippen MR) is 71.6 cm³/mol. The number of aryl methyl sites for hydroxylation is 1. The van der Waals surface area contributed by atoms with Gasteiger partial charge in [0.15, 0.2) is 0 Å². The van der Waals surface area contributed by atoms with Gasteiger partial charge in [0.2, 0.25) is 0 Å². The van der Waals surface area contributed by atoms with Crippen molar-refractivity contribution in [1.82, 2.24) is 4.98 Å². The molecule has 6 heteroatoms. The summed E-state index contributed by atoms with van der Waals surface area (Å²) >= 11 is 0. The van der Waals surface area contributed by atoms with E-state index in [1.807, 2.05) is 0 Å². The number of pyridine rings is 1. The van der Waals surface area contributed by atoms with Gasteiger partial charge in [-0.3, -0.25) is 9.52 Å². The molecule has 0 amide bonds. The minimum atomic E-state index is -3.68. The van der Waals surface area contributed by atoms with Gasteiger partial charge in [-0.15, -0.1) is 0 Å². The fraction of sp³-hybridized carbons (Fsp3) is 0.0769. The number of nitrogens with one attached hydrogen (secondary N) is 1. The summed E-state index contributed by atoms with van der Waals surface area (Å²) in [6.45, 7) is 1.77. The van der Waals surface area contributed by atoms with E-state index in [1.165, 1.54) is 24.3 Å². The zero-order chi connectivity index (χ0) is 13.9. The molecule has 0 unspecified atom stereocenters. The van der Waals surface area contributed by atoms with Crippen molar-refractivity contribution in [1.29, 1.82) is 0 Å².